The molecule has 0 bridgehead atoms. The number of ketones is 1. The SMILES string of the molecule is CCCN(C)C1CCCCCC1=O. The summed E-state index contributed by atoms with van der Waals surface area (Å²) >= 11 is 0. The Morgan fingerprint density at radius 1 is 1.38 bits per heavy atom. The van der Waals surface area contributed by atoms with Crippen molar-refractivity contribution >= 4 is 5.78 Å². The highest BCUT2D eigenvalue weighted by atomic mass is 16.1. The fourth-order valence-electron chi connectivity index (χ4n) is 2.12. The number of likely N-dealkylation sites (N-methyl/N-ethyl adjacent to an activating group) is 1. The van der Waals surface area contributed by atoms with E-state index >= 15 is 0 Å². The van der Waals surface area contributed by atoms with Crippen LogP contribution in [0.25, 0.3) is 0 Å². The minimum Gasteiger partial charge on any atom is -0.298 e. The van der Waals surface area contributed by atoms with Gasteiger partial charge in [-0.05, 0) is 32.9 Å². The van der Waals surface area contributed by atoms with Crippen LogP contribution >= 0.6 is 0 Å². The van der Waals surface area contributed by atoms with E-state index in [1.54, 1.807) is 0 Å². The molecule has 1 fully saturated rings. The highest BCUT2D eigenvalue weighted by molar-refractivity contribution is 5.84. The van der Waals surface area contributed by atoms with Crippen molar-refractivity contribution in [3.05, 3.63) is 0 Å². The van der Waals surface area contributed by atoms with Gasteiger partial charge in [0, 0.05) is 6.42 Å². The zero-order chi connectivity index (χ0) is 9.68. The largest absolute Gasteiger partial charge is 0.298 e. The summed E-state index contributed by atoms with van der Waals surface area (Å²) in [6.45, 7) is 3.22. The van der Waals surface area contributed by atoms with E-state index in [4.69, 9.17) is 0 Å². The van der Waals surface area contributed by atoms with Gasteiger partial charge in [0.1, 0.15) is 5.78 Å². The second-order valence-electron chi connectivity index (χ2n) is 4.06. The Balaban J connectivity index is 2.48. The lowest BCUT2D eigenvalue weighted by Gasteiger charge is -2.25. The standard InChI is InChI=1S/C11H21NO/c1-3-9-12(2)10-7-5-4-6-8-11(10)13/h10H,3-9H2,1-2H3. The van der Waals surface area contributed by atoms with Gasteiger partial charge in [0.25, 0.3) is 0 Å². The van der Waals surface area contributed by atoms with Crippen molar-refractivity contribution in [3.8, 4) is 0 Å². The molecule has 0 aromatic heterocycles. The van der Waals surface area contributed by atoms with Crippen LogP contribution in [0, 0.1) is 0 Å². The first kappa shape index (κ1) is 10.7. The van der Waals surface area contributed by atoms with Crippen molar-refractivity contribution in [1.29, 1.82) is 0 Å². The number of hydrogen-bond donors (Lipinski definition) is 0. The van der Waals surface area contributed by atoms with Crippen LogP contribution in [0.1, 0.15) is 45.4 Å². The highest BCUT2D eigenvalue weighted by Crippen LogP contribution is 2.18. The maximum atomic E-state index is 11.7. The summed E-state index contributed by atoms with van der Waals surface area (Å²) in [6, 6.07) is 0.224. The Kier molecular flexibility index (Phi) is 4.43. The third-order valence-electron chi connectivity index (χ3n) is 2.88. The monoisotopic (exact) mass is 183 g/mol. The molecule has 0 saturated heterocycles. The van der Waals surface area contributed by atoms with Crippen LogP contribution in [0.2, 0.25) is 0 Å². The molecule has 2 heteroatoms. The summed E-state index contributed by atoms with van der Waals surface area (Å²) in [5.41, 5.74) is 0. The number of carbonyl (C=O) groups is 1. The number of rotatable bonds is 3. The van der Waals surface area contributed by atoms with Crippen molar-refractivity contribution in [2.45, 2.75) is 51.5 Å². The van der Waals surface area contributed by atoms with Gasteiger partial charge in [0.2, 0.25) is 0 Å². The zero-order valence-corrected chi connectivity index (χ0v) is 8.88. The van der Waals surface area contributed by atoms with Gasteiger partial charge in [-0.2, -0.15) is 0 Å². The predicted octanol–water partition coefficient (Wildman–Crippen LogP) is 2.23. The van der Waals surface area contributed by atoms with Crippen LogP contribution in [-0.2, 0) is 4.79 Å². The summed E-state index contributed by atoms with van der Waals surface area (Å²) in [5.74, 6) is 0.466. The normalized spacial score (nSPS) is 24.8. The highest BCUT2D eigenvalue weighted by Gasteiger charge is 2.23. The molecule has 0 radical (unpaired) electrons. The molecule has 1 atom stereocenters. The summed E-state index contributed by atoms with van der Waals surface area (Å²) in [5, 5.41) is 0. The maximum absolute atomic E-state index is 11.7. The average molecular weight is 183 g/mol. The minimum atomic E-state index is 0.224. The number of nitrogens with zero attached hydrogens (tertiary/aromatic N) is 1. The molecule has 1 aliphatic carbocycles. The number of carbonyl (C=O) groups excluding carboxylic acids is 1. The molecule has 0 heterocycles. The lowest BCUT2D eigenvalue weighted by Crippen LogP contribution is -2.38. The number of Topliss-reactive ketones (excluding diaryl/α,β-unsaturated/α-hetero) is 1. The van der Waals surface area contributed by atoms with Gasteiger partial charge in [0.15, 0.2) is 0 Å². The molecule has 1 aliphatic rings. The molecule has 13 heavy (non-hydrogen) atoms. The summed E-state index contributed by atoms with van der Waals surface area (Å²) < 4.78 is 0. The van der Waals surface area contributed by atoms with E-state index in [0.717, 1.165) is 32.2 Å². The molecule has 0 N–H and O–H groups in total. The molecule has 1 rings (SSSR count). The lowest BCUT2D eigenvalue weighted by atomic mass is 10.1. The van der Waals surface area contributed by atoms with Crippen molar-refractivity contribution in [2.24, 2.45) is 0 Å². The van der Waals surface area contributed by atoms with Gasteiger partial charge < -0.3 is 0 Å². The van der Waals surface area contributed by atoms with Gasteiger partial charge in [-0.1, -0.05) is 19.8 Å². The van der Waals surface area contributed by atoms with Crippen molar-refractivity contribution in [1.82, 2.24) is 4.90 Å². The molecule has 1 saturated carbocycles. The van der Waals surface area contributed by atoms with Gasteiger partial charge in [-0.15, -0.1) is 0 Å². The van der Waals surface area contributed by atoms with Crippen LogP contribution < -0.4 is 0 Å². The first-order valence-electron chi connectivity index (χ1n) is 5.48. The van der Waals surface area contributed by atoms with E-state index in [-0.39, 0.29) is 6.04 Å². The Bertz CT molecular complexity index is 167. The fourth-order valence-corrected chi connectivity index (χ4v) is 2.12. The van der Waals surface area contributed by atoms with Crippen LogP contribution in [0.4, 0.5) is 0 Å². The van der Waals surface area contributed by atoms with Gasteiger partial charge in [-0.25, -0.2) is 0 Å². The first-order chi connectivity index (χ1) is 6.25. The zero-order valence-electron chi connectivity index (χ0n) is 8.88. The van der Waals surface area contributed by atoms with Crippen LogP contribution in [-0.4, -0.2) is 30.3 Å². The fraction of sp³-hybridized carbons (Fsp3) is 0.909. The Morgan fingerprint density at radius 2 is 2.15 bits per heavy atom. The maximum Gasteiger partial charge on any atom is 0.149 e. The van der Waals surface area contributed by atoms with Crippen molar-refractivity contribution in [2.75, 3.05) is 13.6 Å². The Morgan fingerprint density at radius 3 is 2.85 bits per heavy atom. The van der Waals surface area contributed by atoms with Crippen LogP contribution in [0.3, 0.4) is 0 Å². The van der Waals surface area contributed by atoms with Gasteiger partial charge in [0.05, 0.1) is 6.04 Å². The molecule has 0 aromatic rings. The Labute approximate surface area is 81.3 Å². The van der Waals surface area contributed by atoms with Crippen molar-refractivity contribution < 1.29 is 4.79 Å². The van der Waals surface area contributed by atoms with E-state index in [1.165, 1.54) is 12.8 Å². The molecular formula is C11H21NO. The third-order valence-corrected chi connectivity index (χ3v) is 2.88. The van der Waals surface area contributed by atoms with E-state index in [0.29, 0.717) is 5.78 Å². The minimum absolute atomic E-state index is 0.224. The molecule has 0 aromatic carbocycles. The van der Waals surface area contributed by atoms with Crippen molar-refractivity contribution in [3.63, 3.8) is 0 Å². The molecule has 1 unspecified atom stereocenters. The quantitative estimate of drug-likeness (QED) is 0.625. The van der Waals surface area contributed by atoms with Gasteiger partial charge >= 0.3 is 0 Å². The molecule has 2 nitrogen and oxygen atoms in total. The number of hydrogen-bond acceptors (Lipinski definition) is 2. The molecule has 0 amide bonds. The van der Waals surface area contributed by atoms with E-state index in [1.807, 2.05) is 0 Å². The van der Waals surface area contributed by atoms with E-state index < -0.39 is 0 Å². The molecule has 0 aliphatic heterocycles. The third kappa shape index (κ3) is 3.11. The first-order valence-corrected chi connectivity index (χ1v) is 5.48. The predicted molar refractivity (Wildman–Crippen MR) is 54.8 cm³/mol. The molecular weight excluding hydrogens is 162 g/mol. The topological polar surface area (TPSA) is 20.3 Å². The van der Waals surface area contributed by atoms with E-state index in [2.05, 4.69) is 18.9 Å². The molecule has 76 valence electrons. The molecule has 0 spiro atoms. The summed E-state index contributed by atoms with van der Waals surface area (Å²) in [7, 11) is 2.08. The van der Waals surface area contributed by atoms with Gasteiger partial charge in [-0.3, -0.25) is 9.69 Å². The second kappa shape index (κ2) is 5.38. The second-order valence-corrected chi connectivity index (χ2v) is 4.06. The summed E-state index contributed by atoms with van der Waals surface area (Å²) in [4.78, 5) is 13.9. The van der Waals surface area contributed by atoms with Crippen LogP contribution in [0.15, 0.2) is 0 Å². The summed E-state index contributed by atoms with van der Waals surface area (Å²) in [6.07, 6.45) is 6.59. The smallest absolute Gasteiger partial charge is 0.149 e. The lowest BCUT2D eigenvalue weighted by molar-refractivity contribution is -0.123. The van der Waals surface area contributed by atoms with E-state index in [9.17, 15) is 4.79 Å². The van der Waals surface area contributed by atoms with Crippen LogP contribution in [0.5, 0.6) is 0 Å². The average Bonchev–Trinajstić information content (AvgIpc) is 2.30. The Hall–Kier alpha value is -0.370.